The zero-order chi connectivity index (χ0) is 13.0. The third-order valence-corrected chi connectivity index (χ3v) is 2.30. The number of methoxy groups -OCH3 is 1. The van der Waals surface area contributed by atoms with Crippen molar-refractivity contribution in [2.24, 2.45) is 0 Å². The molecule has 7 nitrogen and oxygen atoms in total. The highest BCUT2D eigenvalue weighted by molar-refractivity contribution is 5.90. The van der Waals surface area contributed by atoms with Crippen LogP contribution >= 0.6 is 0 Å². The molecular weight excluding hydrogens is 228 g/mol. The number of aliphatic hydroxyl groups is 3. The summed E-state index contributed by atoms with van der Waals surface area (Å²) in [4.78, 5) is 17.3. The minimum absolute atomic E-state index is 0.0903. The largest absolute Gasteiger partial charge is 0.388 e. The molecule has 1 rings (SSSR count). The first-order valence-electron chi connectivity index (χ1n) is 5.06. The molecule has 3 atom stereocenters. The van der Waals surface area contributed by atoms with Gasteiger partial charge in [-0.3, -0.25) is 4.79 Å². The molecule has 4 N–H and O–H groups in total. The molecule has 0 unspecified atom stereocenters. The minimum atomic E-state index is -1.42. The fourth-order valence-corrected chi connectivity index (χ4v) is 1.33. The predicted octanol–water partition coefficient (Wildman–Crippen LogP) is -0.986. The van der Waals surface area contributed by atoms with Crippen molar-refractivity contribution in [3.8, 4) is 0 Å². The van der Waals surface area contributed by atoms with Crippen LogP contribution in [0.15, 0.2) is 6.20 Å². The number of hydrogen-bond donors (Lipinski definition) is 4. The van der Waals surface area contributed by atoms with Gasteiger partial charge in [0.25, 0.3) is 0 Å². The van der Waals surface area contributed by atoms with E-state index in [2.05, 4.69) is 14.7 Å². The van der Waals surface area contributed by atoms with Gasteiger partial charge in [-0.15, -0.1) is 0 Å². The Bertz CT molecular complexity index is 379. The number of carbonyl (C=O) groups is 1. The number of Topliss-reactive ketones (excluding diaryl/α,β-unsaturated/α-hetero) is 1. The van der Waals surface area contributed by atoms with Crippen LogP contribution in [0.3, 0.4) is 0 Å². The van der Waals surface area contributed by atoms with Crippen LogP contribution in [0.2, 0.25) is 0 Å². The van der Waals surface area contributed by atoms with E-state index in [-0.39, 0.29) is 23.9 Å². The van der Waals surface area contributed by atoms with Crippen LogP contribution in [-0.2, 0) is 4.74 Å². The molecule has 0 fully saturated rings. The maximum Gasteiger partial charge on any atom is 0.194 e. The van der Waals surface area contributed by atoms with Crippen molar-refractivity contribution in [2.75, 3.05) is 13.7 Å². The molecule has 0 bridgehead atoms. The molecule has 0 saturated carbocycles. The predicted molar refractivity (Wildman–Crippen MR) is 57.4 cm³/mol. The highest BCUT2D eigenvalue weighted by Gasteiger charge is 2.27. The average Bonchev–Trinajstić information content (AvgIpc) is 2.76. The molecule has 0 aliphatic heterocycles. The lowest BCUT2D eigenvalue weighted by molar-refractivity contribution is -0.0845. The molecule has 0 radical (unpaired) electrons. The second kappa shape index (κ2) is 5.87. The van der Waals surface area contributed by atoms with E-state index in [1.807, 2.05) is 0 Å². The van der Waals surface area contributed by atoms with Crippen molar-refractivity contribution in [1.29, 1.82) is 0 Å². The first-order chi connectivity index (χ1) is 7.97. The maximum absolute atomic E-state index is 11.0. The molecule has 0 saturated heterocycles. The van der Waals surface area contributed by atoms with E-state index in [4.69, 9.17) is 0 Å². The Labute approximate surface area is 98.1 Å². The summed E-state index contributed by atoms with van der Waals surface area (Å²) in [6, 6.07) is 0. The quantitative estimate of drug-likeness (QED) is 0.478. The summed E-state index contributed by atoms with van der Waals surface area (Å²) in [6.45, 7) is 1.22. The number of nitrogens with one attached hydrogen (secondary N) is 1. The number of carbonyl (C=O) groups excluding carboxylic acids is 1. The second-order valence-electron chi connectivity index (χ2n) is 3.70. The molecule has 96 valence electrons. The van der Waals surface area contributed by atoms with Gasteiger partial charge in [-0.1, -0.05) is 0 Å². The van der Waals surface area contributed by atoms with Crippen LogP contribution < -0.4 is 0 Å². The van der Waals surface area contributed by atoms with Crippen molar-refractivity contribution in [3.05, 3.63) is 17.7 Å². The van der Waals surface area contributed by atoms with Gasteiger partial charge in [-0.05, 0) is 0 Å². The lowest BCUT2D eigenvalue weighted by Gasteiger charge is -2.21. The van der Waals surface area contributed by atoms with E-state index in [1.165, 1.54) is 20.2 Å². The summed E-state index contributed by atoms with van der Waals surface area (Å²) < 4.78 is 4.65. The van der Waals surface area contributed by atoms with Crippen LogP contribution in [0.1, 0.15) is 29.3 Å². The van der Waals surface area contributed by atoms with Gasteiger partial charge in [0.2, 0.25) is 0 Å². The fourth-order valence-electron chi connectivity index (χ4n) is 1.33. The first-order valence-corrected chi connectivity index (χ1v) is 5.06. The highest BCUT2D eigenvalue weighted by Crippen LogP contribution is 2.17. The number of aromatic amines is 1. The summed E-state index contributed by atoms with van der Waals surface area (Å²) in [5.74, 6) is -0.192. The Morgan fingerprint density at radius 3 is 2.65 bits per heavy atom. The minimum Gasteiger partial charge on any atom is -0.388 e. The molecule has 0 spiro atoms. The normalized spacial score (nSPS) is 16.5. The van der Waals surface area contributed by atoms with Gasteiger partial charge in [0.15, 0.2) is 11.6 Å². The lowest BCUT2D eigenvalue weighted by Crippen LogP contribution is -2.35. The van der Waals surface area contributed by atoms with E-state index in [0.717, 1.165) is 0 Å². The van der Waals surface area contributed by atoms with Gasteiger partial charge >= 0.3 is 0 Å². The Balaban J connectivity index is 2.73. The van der Waals surface area contributed by atoms with Crippen LogP contribution in [0.25, 0.3) is 0 Å². The molecule has 17 heavy (non-hydrogen) atoms. The Morgan fingerprint density at radius 1 is 1.53 bits per heavy atom. The second-order valence-corrected chi connectivity index (χ2v) is 3.70. The molecule has 0 aromatic carbocycles. The van der Waals surface area contributed by atoms with E-state index in [1.54, 1.807) is 0 Å². The number of H-pyrrole nitrogens is 1. The fraction of sp³-hybridized carbons (Fsp3) is 0.600. The Morgan fingerprint density at radius 2 is 2.18 bits per heavy atom. The number of ketones is 1. The smallest absolute Gasteiger partial charge is 0.194 e. The van der Waals surface area contributed by atoms with Crippen molar-refractivity contribution >= 4 is 5.78 Å². The molecule has 0 amide bonds. The van der Waals surface area contributed by atoms with Gasteiger partial charge < -0.3 is 25.0 Å². The molecular formula is C10H16N2O5. The molecule has 0 aliphatic rings. The number of nitrogens with zero attached hydrogens (tertiary/aromatic N) is 1. The summed E-state index contributed by atoms with van der Waals surface area (Å²) in [5.41, 5.74) is 0.165. The first kappa shape index (κ1) is 13.8. The Hall–Kier alpha value is -1.28. The third kappa shape index (κ3) is 3.34. The number of hydrogen-bond acceptors (Lipinski definition) is 6. The van der Waals surface area contributed by atoms with Crippen molar-refractivity contribution < 1.29 is 24.9 Å². The molecule has 0 aliphatic carbocycles. The Kier molecular flexibility index (Phi) is 4.76. The lowest BCUT2D eigenvalue weighted by atomic mass is 10.1. The number of aliphatic hydroxyl groups excluding tert-OH is 3. The third-order valence-electron chi connectivity index (χ3n) is 2.30. The van der Waals surface area contributed by atoms with E-state index >= 15 is 0 Å². The molecule has 7 heteroatoms. The number of aromatic nitrogens is 2. The topological polar surface area (TPSA) is 116 Å². The molecule has 1 heterocycles. The number of rotatable bonds is 6. The standard InChI is InChI=1S/C10H16N2O5/c1-5(13)10-11-3-6(12-10)8(15)9(16)7(14)4-17-2/h3,7-9,14-16H,4H2,1-2H3,(H,11,12)/t7-,8-,9-/m1/s1. The van der Waals surface area contributed by atoms with Gasteiger partial charge in [-0.2, -0.15) is 0 Å². The van der Waals surface area contributed by atoms with E-state index < -0.39 is 18.3 Å². The van der Waals surface area contributed by atoms with Gasteiger partial charge in [-0.25, -0.2) is 4.98 Å². The number of imidazole rings is 1. The summed E-state index contributed by atoms with van der Waals surface area (Å²) in [7, 11) is 1.37. The van der Waals surface area contributed by atoms with Crippen LogP contribution in [0, 0.1) is 0 Å². The van der Waals surface area contributed by atoms with E-state index in [0.29, 0.717) is 0 Å². The molecule has 1 aromatic rings. The van der Waals surface area contributed by atoms with Crippen molar-refractivity contribution in [2.45, 2.75) is 25.2 Å². The van der Waals surface area contributed by atoms with Crippen molar-refractivity contribution in [1.82, 2.24) is 9.97 Å². The molecule has 1 aromatic heterocycles. The summed E-state index contributed by atoms with van der Waals surface area (Å²) in [5, 5.41) is 28.8. The average molecular weight is 244 g/mol. The summed E-state index contributed by atoms with van der Waals surface area (Å²) in [6.07, 6.45) is -2.76. The van der Waals surface area contributed by atoms with E-state index in [9.17, 15) is 20.1 Å². The van der Waals surface area contributed by atoms with Crippen molar-refractivity contribution in [3.63, 3.8) is 0 Å². The number of ether oxygens (including phenoxy) is 1. The van der Waals surface area contributed by atoms with Gasteiger partial charge in [0, 0.05) is 14.0 Å². The summed E-state index contributed by atoms with van der Waals surface area (Å²) >= 11 is 0. The SMILES string of the molecule is COC[C@@H](O)[C@@H](O)[C@H](O)c1cnc(C(C)=O)[nH]1. The maximum atomic E-state index is 11.0. The highest BCUT2D eigenvalue weighted by atomic mass is 16.5. The van der Waals surface area contributed by atoms with Crippen LogP contribution in [0.4, 0.5) is 0 Å². The van der Waals surface area contributed by atoms with Gasteiger partial charge in [0.1, 0.15) is 18.3 Å². The monoisotopic (exact) mass is 244 g/mol. The van der Waals surface area contributed by atoms with Crippen LogP contribution in [0.5, 0.6) is 0 Å². The van der Waals surface area contributed by atoms with Crippen LogP contribution in [-0.4, -0.2) is 57.0 Å². The zero-order valence-electron chi connectivity index (χ0n) is 9.62. The van der Waals surface area contributed by atoms with Gasteiger partial charge in [0.05, 0.1) is 18.5 Å². The zero-order valence-corrected chi connectivity index (χ0v) is 9.62.